The number of nitrogens with zero attached hydrogens (tertiary/aromatic N) is 1. The second-order valence-corrected chi connectivity index (χ2v) is 1.88. The first-order valence-corrected chi connectivity index (χ1v) is 2.56. The van der Waals surface area contributed by atoms with Crippen molar-refractivity contribution >= 4 is 5.84 Å². The molecular formula is C6H7FN2. The van der Waals surface area contributed by atoms with E-state index in [1.165, 1.54) is 0 Å². The van der Waals surface area contributed by atoms with Crippen molar-refractivity contribution in [1.29, 1.82) is 0 Å². The SMILES string of the molecule is C=C1CC(N)=NC=C1F. The molecule has 0 aromatic carbocycles. The molecular weight excluding hydrogens is 119 g/mol. The van der Waals surface area contributed by atoms with Gasteiger partial charge in [0.1, 0.15) is 11.7 Å². The Balaban J connectivity index is 2.86. The summed E-state index contributed by atoms with van der Waals surface area (Å²) in [6.07, 6.45) is 1.43. The molecule has 1 heterocycles. The first kappa shape index (κ1) is 6.01. The van der Waals surface area contributed by atoms with Crippen LogP contribution in [0.5, 0.6) is 0 Å². The second kappa shape index (κ2) is 2.01. The van der Waals surface area contributed by atoms with Crippen LogP contribution in [0.25, 0.3) is 0 Å². The van der Waals surface area contributed by atoms with E-state index < -0.39 is 0 Å². The minimum absolute atomic E-state index is 0.350. The lowest BCUT2D eigenvalue weighted by Crippen LogP contribution is -2.14. The lowest BCUT2D eigenvalue weighted by Gasteiger charge is -2.05. The molecule has 0 saturated heterocycles. The Kier molecular flexibility index (Phi) is 1.34. The quantitative estimate of drug-likeness (QED) is 0.518. The predicted molar refractivity (Wildman–Crippen MR) is 34.6 cm³/mol. The fraction of sp³-hybridized carbons (Fsp3) is 0.167. The summed E-state index contributed by atoms with van der Waals surface area (Å²) < 4.78 is 12.3. The maximum absolute atomic E-state index is 12.3. The van der Waals surface area contributed by atoms with Crippen molar-refractivity contribution in [3.63, 3.8) is 0 Å². The van der Waals surface area contributed by atoms with Crippen LogP contribution in [0.3, 0.4) is 0 Å². The molecule has 48 valence electrons. The standard InChI is InChI=1S/C6H7FN2/c1-4-2-6(8)9-3-5(4)7/h3H,1-2H2,(H2,8,9). The molecule has 9 heavy (non-hydrogen) atoms. The highest BCUT2D eigenvalue weighted by Gasteiger charge is 2.07. The summed E-state index contributed by atoms with van der Waals surface area (Å²) >= 11 is 0. The van der Waals surface area contributed by atoms with E-state index in [-0.39, 0.29) is 5.83 Å². The Labute approximate surface area is 52.6 Å². The molecule has 0 saturated carbocycles. The van der Waals surface area contributed by atoms with Crippen LogP contribution in [-0.4, -0.2) is 5.84 Å². The molecule has 0 aliphatic carbocycles. The molecule has 0 aromatic rings. The van der Waals surface area contributed by atoms with Gasteiger partial charge in [-0.3, -0.25) is 0 Å². The highest BCUT2D eigenvalue weighted by atomic mass is 19.1. The highest BCUT2D eigenvalue weighted by molar-refractivity contribution is 5.85. The zero-order valence-electron chi connectivity index (χ0n) is 4.89. The third kappa shape index (κ3) is 1.16. The third-order valence-corrected chi connectivity index (χ3v) is 1.08. The van der Waals surface area contributed by atoms with Gasteiger partial charge in [-0.25, -0.2) is 9.38 Å². The smallest absolute Gasteiger partial charge is 0.144 e. The summed E-state index contributed by atoms with van der Waals surface area (Å²) in [4.78, 5) is 3.56. The van der Waals surface area contributed by atoms with E-state index in [1.54, 1.807) is 0 Å². The van der Waals surface area contributed by atoms with E-state index in [2.05, 4.69) is 11.6 Å². The summed E-state index contributed by atoms with van der Waals surface area (Å²) in [5, 5.41) is 0. The molecule has 2 nitrogen and oxygen atoms in total. The number of hydrogen-bond donors (Lipinski definition) is 1. The van der Waals surface area contributed by atoms with Crippen molar-refractivity contribution in [2.24, 2.45) is 10.7 Å². The van der Waals surface area contributed by atoms with Crippen molar-refractivity contribution in [1.82, 2.24) is 0 Å². The van der Waals surface area contributed by atoms with Crippen molar-refractivity contribution < 1.29 is 4.39 Å². The van der Waals surface area contributed by atoms with Gasteiger partial charge in [0, 0.05) is 6.42 Å². The number of aliphatic imine (C=N–C) groups is 1. The van der Waals surface area contributed by atoms with Crippen molar-refractivity contribution in [2.75, 3.05) is 0 Å². The van der Waals surface area contributed by atoms with Gasteiger partial charge in [0.05, 0.1) is 6.20 Å². The molecule has 1 rings (SSSR count). The fourth-order valence-electron chi connectivity index (χ4n) is 0.580. The average molecular weight is 126 g/mol. The Morgan fingerprint density at radius 2 is 2.44 bits per heavy atom. The number of allylic oxidation sites excluding steroid dienone is 1. The van der Waals surface area contributed by atoms with Crippen molar-refractivity contribution in [2.45, 2.75) is 6.42 Å². The van der Waals surface area contributed by atoms with Crippen LogP contribution < -0.4 is 5.73 Å². The van der Waals surface area contributed by atoms with Crippen LogP contribution in [0.2, 0.25) is 0 Å². The van der Waals surface area contributed by atoms with Gasteiger partial charge >= 0.3 is 0 Å². The van der Waals surface area contributed by atoms with E-state index in [1.807, 2.05) is 0 Å². The predicted octanol–water partition coefficient (Wildman–Crippen LogP) is 1.11. The van der Waals surface area contributed by atoms with Crippen LogP contribution in [0.1, 0.15) is 6.42 Å². The van der Waals surface area contributed by atoms with E-state index in [4.69, 9.17) is 5.73 Å². The monoisotopic (exact) mass is 126 g/mol. The zero-order valence-corrected chi connectivity index (χ0v) is 4.89. The summed E-state index contributed by atoms with van der Waals surface area (Å²) in [6.45, 7) is 3.44. The Bertz CT molecular complexity index is 203. The molecule has 2 N–H and O–H groups in total. The topological polar surface area (TPSA) is 38.4 Å². The maximum atomic E-state index is 12.3. The van der Waals surface area contributed by atoms with Crippen LogP contribution in [0.15, 0.2) is 29.2 Å². The minimum atomic E-state index is -0.371. The number of amidine groups is 1. The zero-order chi connectivity index (χ0) is 6.85. The number of halogens is 1. The Hall–Kier alpha value is -1.12. The number of rotatable bonds is 0. The van der Waals surface area contributed by atoms with Gasteiger partial charge in [-0.2, -0.15) is 0 Å². The van der Waals surface area contributed by atoms with E-state index in [0.29, 0.717) is 17.8 Å². The van der Waals surface area contributed by atoms with Gasteiger partial charge in [0.25, 0.3) is 0 Å². The fourth-order valence-corrected chi connectivity index (χ4v) is 0.580. The number of hydrogen-bond acceptors (Lipinski definition) is 2. The Morgan fingerprint density at radius 1 is 1.78 bits per heavy atom. The third-order valence-electron chi connectivity index (χ3n) is 1.08. The van der Waals surface area contributed by atoms with Crippen molar-refractivity contribution in [3.05, 3.63) is 24.2 Å². The minimum Gasteiger partial charge on any atom is -0.387 e. The van der Waals surface area contributed by atoms with Crippen LogP contribution in [0.4, 0.5) is 4.39 Å². The Morgan fingerprint density at radius 3 is 2.89 bits per heavy atom. The van der Waals surface area contributed by atoms with Crippen LogP contribution in [0, 0.1) is 0 Å². The van der Waals surface area contributed by atoms with Gasteiger partial charge in [0.2, 0.25) is 0 Å². The molecule has 0 amide bonds. The van der Waals surface area contributed by atoms with E-state index >= 15 is 0 Å². The molecule has 0 spiro atoms. The first-order chi connectivity index (χ1) is 4.20. The highest BCUT2D eigenvalue weighted by Crippen LogP contribution is 2.16. The van der Waals surface area contributed by atoms with Crippen LogP contribution in [-0.2, 0) is 0 Å². The maximum Gasteiger partial charge on any atom is 0.144 e. The van der Waals surface area contributed by atoms with Gasteiger partial charge < -0.3 is 5.73 Å². The molecule has 0 atom stereocenters. The summed E-state index contributed by atoms with van der Waals surface area (Å²) in [7, 11) is 0. The summed E-state index contributed by atoms with van der Waals surface area (Å²) in [5.41, 5.74) is 5.67. The first-order valence-electron chi connectivity index (χ1n) is 2.56. The van der Waals surface area contributed by atoms with Crippen LogP contribution >= 0.6 is 0 Å². The molecule has 0 unspecified atom stereocenters. The van der Waals surface area contributed by atoms with E-state index in [9.17, 15) is 4.39 Å². The summed E-state index contributed by atoms with van der Waals surface area (Å²) in [5.74, 6) is 0.0469. The average Bonchev–Trinajstić information content (AvgIpc) is 1.80. The van der Waals surface area contributed by atoms with Gasteiger partial charge in [-0.1, -0.05) is 6.58 Å². The number of nitrogens with two attached hydrogens (primary N) is 1. The summed E-state index contributed by atoms with van der Waals surface area (Å²) in [6, 6.07) is 0. The molecule has 3 heteroatoms. The van der Waals surface area contributed by atoms with E-state index in [0.717, 1.165) is 6.20 Å². The second-order valence-electron chi connectivity index (χ2n) is 1.88. The molecule has 0 fully saturated rings. The molecule has 1 aliphatic heterocycles. The van der Waals surface area contributed by atoms with Crippen molar-refractivity contribution in [3.8, 4) is 0 Å². The molecule has 0 radical (unpaired) electrons. The molecule has 0 bridgehead atoms. The van der Waals surface area contributed by atoms with Gasteiger partial charge in [-0.05, 0) is 5.57 Å². The molecule has 1 aliphatic rings. The van der Waals surface area contributed by atoms with Gasteiger partial charge in [0.15, 0.2) is 0 Å². The van der Waals surface area contributed by atoms with Gasteiger partial charge in [-0.15, -0.1) is 0 Å². The normalized spacial score (nSPS) is 19.0. The molecule has 0 aromatic heterocycles. The lowest BCUT2D eigenvalue weighted by atomic mass is 10.1. The lowest BCUT2D eigenvalue weighted by molar-refractivity contribution is 0.642. The largest absolute Gasteiger partial charge is 0.387 e.